The Labute approximate surface area is 91.3 Å². The fourth-order valence-corrected chi connectivity index (χ4v) is 1.73. The van der Waals surface area contributed by atoms with Crippen LogP contribution in [0.3, 0.4) is 0 Å². The molecule has 2 rings (SSSR count). The molecule has 1 unspecified atom stereocenters. The zero-order valence-corrected chi connectivity index (χ0v) is 9.17. The van der Waals surface area contributed by atoms with Crippen molar-refractivity contribution in [1.29, 1.82) is 0 Å². The molecule has 1 aliphatic rings. The van der Waals surface area contributed by atoms with Crippen molar-refractivity contribution in [2.45, 2.75) is 11.0 Å². The van der Waals surface area contributed by atoms with E-state index in [-0.39, 0.29) is 0 Å². The average molecular weight is 253 g/mol. The summed E-state index contributed by atoms with van der Waals surface area (Å²) >= 11 is 2.99. The van der Waals surface area contributed by atoms with Crippen molar-refractivity contribution in [3.8, 4) is 0 Å². The third-order valence-corrected chi connectivity index (χ3v) is 2.80. The Kier molecular flexibility index (Phi) is 2.55. The van der Waals surface area contributed by atoms with Gasteiger partial charge in [0, 0.05) is 6.42 Å². The number of alkyl halides is 2. The minimum atomic E-state index is -1.36. The minimum Gasteiger partial charge on any atom is -0.226 e. The second kappa shape index (κ2) is 3.70. The van der Waals surface area contributed by atoms with Crippen LogP contribution in [0.25, 0.3) is 5.57 Å². The van der Waals surface area contributed by atoms with Gasteiger partial charge in [-0.2, -0.15) is 0 Å². The molecule has 0 radical (unpaired) electrons. The first-order valence-corrected chi connectivity index (χ1v) is 5.29. The van der Waals surface area contributed by atoms with Crippen LogP contribution in [0.15, 0.2) is 48.6 Å². The van der Waals surface area contributed by atoms with Crippen LogP contribution in [0.4, 0.5) is 4.39 Å². The zero-order chi connectivity index (χ0) is 10.0. The predicted molar refractivity (Wildman–Crippen MR) is 60.9 cm³/mol. The minimum absolute atomic E-state index is 0.383. The average Bonchev–Trinajstić information content (AvgIpc) is 2.19. The molecule has 1 aromatic rings. The molecule has 0 nitrogen and oxygen atoms in total. The lowest BCUT2D eigenvalue weighted by Gasteiger charge is -2.16. The largest absolute Gasteiger partial charge is 0.226 e. The van der Waals surface area contributed by atoms with Crippen LogP contribution < -0.4 is 0 Å². The Morgan fingerprint density at radius 2 is 1.93 bits per heavy atom. The second-order valence-electron chi connectivity index (χ2n) is 3.32. The molecule has 0 spiro atoms. The van der Waals surface area contributed by atoms with Gasteiger partial charge in [0.15, 0.2) is 4.58 Å². The van der Waals surface area contributed by atoms with Crippen molar-refractivity contribution >= 4 is 21.5 Å². The molecule has 72 valence electrons. The van der Waals surface area contributed by atoms with E-state index < -0.39 is 4.58 Å². The molecule has 2 heteroatoms. The Morgan fingerprint density at radius 3 is 2.50 bits per heavy atom. The molecule has 0 N–H and O–H groups in total. The van der Waals surface area contributed by atoms with Crippen molar-refractivity contribution < 1.29 is 4.39 Å². The molecule has 0 heterocycles. The highest BCUT2D eigenvalue weighted by Crippen LogP contribution is 2.33. The fraction of sp³-hybridized carbons (Fsp3) is 0.167. The summed E-state index contributed by atoms with van der Waals surface area (Å²) in [6.07, 6.45) is 5.65. The number of benzene rings is 1. The third kappa shape index (κ3) is 2.13. The summed E-state index contributed by atoms with van der Waals surface area (Å²) in [5.74, 6) is 0. The number of allylic oxidation sites excluding steroid dienone is 4. The van der Waals surface area contributed by atoms with Gasteiger partial charge in [0.2, 0.25) is 0 Å². The van der Waals surface area contributed by atoms with E-state index in [1.807, 2.05) is 42.5 Å². The molecule has 1 aromatic carbocycles. The Hall–Kier alpha value is -0.890. The number of rotatable bonds is 1. The van der Waals surface area contributed by atoms with Crippen LogP contribution in [0.2, 0.25) is 0 Å². The summed E-state index contributed by atoms with van der Waals surface area (Å²) < 4.78 is 12.0. The summed E-state index contributed by atoms with van der Waals surface area (Å²) in [7, 11) is 0. The van der Waals surface area contributed by atoms with E-state index in [2.05, 4.69) is 15.9 Å². The zero-order valence-electron chi connectivity index (χ0n) is 7.58. The summed E-state index contributed by atoms with van der Waals surface area (Å²) in [5, 5.41) is 0. The highest BCUT2D eigenvalue weighted by atomic mass is 79.9. The van der Waals surface area contributed by atoms with E-state index >= 15 is 0 Å². The molecule has 0 amide bonds. The van der Waals surface area contributed by atoms with Gasteiger partial charge < -0.3 is 0 Å². The van der Waals surface area contributed by atoms with E-state index in [1.54, 1.807) is 6.08 Å². The van der Waals surface area contributed by atoms with E-state index in [0.717, 1.165) is 11.1 Å². The lowest BCUT2D eigenvalue weighted by molar-refractivity contribution is 0.368. The SMILES string of the molecule is FC1(Br)C=CC(c2ccccc2)=CC1. The van der Waals surface area contributed by atoms with Crippen LogP contribution in [-0.4, -0.2) is 4.58 Å². The monoisotopic (exact) mass is 252 g/mol. The van der Waals surface area contributed by atoms with Crippen LogP contribution in [-0.2, 0) is 0 Å². The topological polar surface area (TPSA) is 0 Å². The molecule has 0 fully saturated rings. The Morgan fingerprint density at radius 1 is 1.21 bits per heavy atom. The quantitative estimate of drug-likeness (QED) is 0.661. The first kappa shape index (κ1) is 9.66. The molecule has 0 saturated heterocycles. The van der Waals surface area contributed by atoms with Crippen LogP contribution in [0.1, 0.15) is 12.0 Å². The third-order valence-electron chi connectivity index (χ3n) is 2.21. The fourth-order valence-electron chi connectivity index (χ4n) is 1.44. The van der Waals surface area contributed by atoms with E-state index in [0.29, 0.717) is 6.42 Å². The molecule has 0 aliphatic heterocycles. The molecular formula is C12H10BrF. The van der Waals surface area contributed by atoms with Gasteiger partial charge in [-0.05, 0) is 33.1 Å². The Balaban J connectivity index is 2.25. The summed E-state index contributed by atoms with van der Waals surface area (Å²) in [4.78, 5) is 0. The van der Waals surface area contributed by atoms with Crippen molar-refractivity contribution in [3.63, 3.8) is 0 Å². The van der Waals surface area contributed by atoms with Gasteiger partial charge in [-0.15, -0.1) is 0 Å². The molecule has 1 atom stereocenters. The predicted octanol–water partition coefficient (Wildman–Crippen LogP) is 4.09. The first-order valence-electron chi connectivity index (χ1n) is 4.50. The van der Waals surface area contributed by atoms with Crippen LogP contribution in [0, 0.1) is 0 Å². The van der Waals surface area contributed by atoms with Crippen molar-refractivity contribution in [2.24, 2.45) is 0 Å². The van der Waals surface area contributed by atoms with Gasteiger partial charge in [0.1, 0.15) is 0 Å². The molecule has 0 aromatic heterocycles. The normalized spacial score (nSPS) is 26.0. The summed E-state index contributed by atoms with van der Waals surface area (Å²) in [5.41, 5.74) is 2.21. The van der Waals surface area contributed by atoms with Gasteiger partial charge in [-0.1, -0.05) is 42.5 Å². The maximum absolute atomic E-state index is 13.3. The van der Waals surface area contributed by atoms with E-state index in [1.165, 1.54) is 0 Å². The second-order valence-corrected chi connectivity index (χ2v) is 4.64. The van der Waals surface area contributed by atoms with E-state index in [9.17, 15) is 4.39 Å². The smallest absolute Gasteiger partial charge is 0.187 e. The van der Waals surface area contributed by atoms with Gasteiger partial charge in [0.05, 0.1) is 0 Å². The van der Waals surface area contributed by atoms with Gasteiger partial charge in [0.25, 0.3) is 0 Å². The van der Waals surface area contributed by atoms with Crippen molar-refractivity contribution in [2.75, 3.05) is 0 Å². The van der Waals surface area contributed by atoms with E-state index in [4.69, 9.17) is 0 Å². The van der Waals surface area contributed by atoms with Crippen molar-refractivity contribution in [1.82, 2.24) is 0 Å². The molecular weight excluding hydrogens is 243 g/mol. The van der Waals surface area contributed by atoms with Gasteiger partial charge in [-0.3, -0.25) is 0 Å². The number of hydrogen-bond donors (Lipinski definition) is 0. The highest BCUT2D eigenvalue weighted by molar-refractivity contribution is 9.10. The standard InChI is InChI=1S/C12H10BrF/c13-12(14)8-6-11(7-9-12)10-4-2-1-3-5-10/h1-8H,9H2. The number of halogens is 2. The van der Waals surface area contributed by atoms with Crippen molar-refractivity contribution in [3.05, 3.63) is 54.1 Å². The van der Waals surface area contributed by atoms with Crippen LogP contribution in [0.5, 0.6) is 0 Å². The van der Waals surface area contributed by atoms with Crippen LogP contribution >= 0.6 is 15.9 Å². The molecule has 0 saturated carbocycles. The van der Waals surface area contributed by atoms with Gasteiger partial charge >= 0.3 is 0 Å². The molecule has 14 heavy (non-hydrogen) atoms. The maximum Gasteiger partial charge on any atom is 0.187 e. The Bertz CT molecular complexity index is 377. The number of hydrogen-bond acceptors (Lipinski definition) is 0. The molecule has 0 bridgehead atoms. The summed E-state index contributed by atoms with van der Waals surface area (Å²) in [6, 6.07) is 9.98. The lowest BCUT2D eigenvalue weighted by Crippen LogP contribution is -2.10. The molecule has 1 aliphatic carbocycles. The van der Waals surface area contributed by atoms with Gasteiger partial charge in [-0.25, -0.2) is 4.39 Å². The maximum atomic E-state index is 13.3. The lowest BCUT2D eigenvalue weighted by atomic mass is 9.99. The summed E-state index contributed by atoms with van der Waals surface area (Å²) in [6.45, 7) is 0. The highest BCUT2D eigenvalue weighted by Gasteiger charge is 2.23. The first-order chi connectivity index (χ1) is 6.67.